The Labute approximate surface area is 73.7 Å². The van der Waals surface area contributed by atoms with Crippen LogP contribution in [-0.4, -0.2) is 29.7 Å². The van der Waals surface area contributed by atoms with E-state index >= 15 is 0 Å². The lowest BCUT2D eigenvalue weighted by Gasteiger charge is -2.19. The molecule has 0 amide bonds. The summed E-state index contributed by atoms with van der Waals surface area (Å²) in [6.45, 7) is 3.57. The lowest BCUT2D eigenvalue weighted by Crippen LogP contribution is -2.23. The minimum atomic E-state index is -0.823. The van der Waals surface area contributed by atoms with Gasteiger partial charge in [0.05, 0.1) is 6.10 Å². The van der Waals surface area contributed by atoms with Gasteiger partial charge in [-0.15, -0.1) is 0 Å². The van der Waals surface area contributed by atoms with Gasteiger partial charge in [-0.1, -0.05) is 12.2 Å². The van der Waals surface area contributed by atoms with Crippen molar-refractivity contribution in [2.24, 2.45) is 5.92 Å². The number of rotatable bonds is 5. The summed E-state index contributed by atoms with van der Waals surface area (Å²) in [5.74, 6) is -0.125. The summed E-state index contributed by atoms with van der Waals surface area (Å²) in [7, 11) is 1.45. The van der Waals surface area contributed by atoms with Gasteiger partial charge in [0, 0.05) is 13.0 Å². The molecule has 3 unspecified atom stereocenters. The number of methoxy groups -OCH3 is 1. The van der Waals surface area contributed by atoms with Crippen LogP contribution < -0.4 is 0 Å². The van der Waals surface area contributed by atoms with Crippen molar-refractivity contribution in [2.75, 3.05) is 7.11 Å². The highest BCUT2D eigenvalue weighted by Crippen LogP contribution is 2.14. The fourth-order valence-corrected chi connectivity index (χ4v) is 1.11. The molecule has 0 saturated heterocycles. The summed E-state index contributed by atoms with van der Waals surface area (Å²) < 4.78 is 4.76. The molecule has 0 bridgehead atoms. The second-order valence-electron chi connectivity index (χ2n) is 2.90. The van der Waals surface area contributed by atoms with Crippen LogP contribution in [0, 0.1) is 5.92 Å². The van der Waals surface area contributed by atoms with E-state index in [0.717, 1.165) is 0 Å². The molecule has 2 N–H and O–H groups in total. The van der Waals surface area contributed by atoms with Gasteiger partial charge in [-0.3, -0.25) is 0 Å². The smallest absolute Gasteiger partial charge is 0.160 e. The van der Waals surface area contributed by atoms with Gasteiger partial charge in [-0.25, -0.2) is 0 Å². The first-order valence-corrected chi connectivity index (χ1v) is 4.13. The molecule has 0 rings (SSSR count). The van der Waals surface area contributed by atoms with Crippen LogP contribution in [0.15, 0.2) is 12.2 Å². The van der Waals surface area contributed by atoms with Crippen molar-refractivity contribution in [1.82, 2.24) is 0 Å². The second-order valence-corrected chi connectivity index (χ2v) is 2.90. The Morgan fingerprint density at radius 2 is 2.00 bits per heavy atom. The number of hydrogen-bond acceptors (Lipinski definition) is 3. The Morgan fingerprint density at radius 3 is 2.33 bits per heavy atom. The second kappa shape index (κ2) is 6.17. The third-order valence-corrected chi connectivity index (χ3v) is 1.66. The van der Waals surface area contributed by atoms with Crippen molar-refractivity contribution in [3.05, 3.63) is 12.2 Å². The van der Waals surface area contributed by atoms with E-state index in [-0.39, 0.29) is 5.92 Å². The van der Waals surface area contributed by atoms with Crippen molar-refractivity contribution in [1.29, 1.82) is 0 Å². The van der Waals surface area contributed by atoms with Gasteiger partial charge in [-0.2, -0.15) is 0 Å². The van der Waals surface area contributed by atoms with Gasteiger partial charge < -0.3 is 14.9 Å². The third-order valence-electron chi connectivity index (χ3n) is 1.66. The highest BCUT2D eigenvalue weighted by molar-refractivity contribution is 4.87. The molecule has 12 heavy (non-hydrogen) atoms. The number of ether oxygens (including phenoxy) is 1. The third kappa shape index (κ3) is 4.49. The van der Waals surface area contributed by atoms with E-state index in [4.69, 9.17) is 9.84 Å². The summed E-state index contributed by atoms with van der Waals surface area (Å²) in [6.07, 6.45) is 2.95. The molecule has 3 heteroatoms. The quantitative estimate of drug-likeness (QED) is 0.481. The van der Waals surface area contributed by atoms with Gasteiger partial charge in [-0.05, 0) is 20.3 Å². The number of aliphatic hydroxyl groups excluding tert-OH is 2. The zero-order chi connectivity index (χ0) is 9.56. The standard InChI is InChI=1S/C9H18O3/c1-4-5-8(6-7(2)10)9(11)12-3/h4-5,7-11H,6H2,1-3H3. The molecule has 0 spiro atoms. The molecule has 0 heterocycles. The van der Waals surface area contributed by atoms with Crippen LogP contribution >= 0.6 is 0 Å². The molecule has 0 aromatic rings. The summed E-state index contributed by atoms with van der Waals surface area (Å²) >= 11 is 0. The average Bonchev–Trinajstić information content (AvgIpc) is 2.01. The first kappa shape index (κ1) is 11.6. The largest absolute Gasteiger partial charge is 0.393 e. The lowest BCUT2D eigenvalue weighted by atomic mass is 10.0. The Hall–Kier alpha value is -0.380. The number of aliphatic hydroxyl groups is 2. The maximum atomic E-state index is 9.31. The van der Waals surface area contributed by atoms with Crippen molar-refractivity contribution in [3.63, 3.8) is 0 Å². The van der Waals surface area contributed by atoms with E-state index in [1.807, 2.05) is 19.1 Å². The molecule has 0 saturated carbocycles. The van der Waals surface area contributed by atoms with Gasteiger partial charge >= 0.3 is 0 Å². The van der Waals surface area contributed by atoms with Crippen LogP contribution in [0.1, 0.15) is 20.3 Å². The SMILES string of the molecule is CC=CC(CC(C)O)C(O)OC. The number of hydrogen-bond donors (Lipinski definition) is 2. The van der Waals surface area contributed by atoms with E-state index in [1.165, 1.54) is 7.11 Å². The molecule has 3 atom stereocenters. The van der Waals surface area contributed by atoms with Gasteiger partial charge in [0.1, 0.15) is 0 Å². The number of allylic oxidation sites excluding steroid dienone is 1. The summed E-state index contributed by atoms with van der Waals surface area (Å²) in [4.78, 5) is 0. The molecule has 0 aliphatic heterocycles. The molecule has 0 aromatic carbocycles. The normalized spacial score (nSPS) is 19.4. The van der Waals surface area contributed by atoms with Crippen LogP contribution in [0.5, 0.6) is 0 Å². The minimum absolute atomic E-state index is 0.125. The van der Waals surface area contributed by atoms with E-state index in [9.17, 15) is 5.11 Å². The first-order valence-electron chi connectivity index (χ1n) is 4.13. The molecule has 3 nitrogen and oxygen atoms in total. The maximum absolute atomic E-state index is 9.31. The summed E-state index contributed by atoms with van der Waals surface area (Å²) in [5, 5.41) is 18.4. The highest BCUT2D eigenvalue weighted by atomic mass is 16.6. The van der Waals surface area contributed by atoms with E-state index in [0.29, 0.717) is 6.42 Å². The van der Waals surface area contributed by atoms with Crippen LogP contribution in [0.4, 0.5) is 0 Å². The minimum Gasteiger partial charge on any atom is -0.393 e. The zero-order valence-corrected chi connectivity index (χ0v) is 7.90. The fraction of sp³-hybridized carbons (Fsp3) is 0.778. The van der Waals surface area contributed by atoms with Crippen molar-refractivity contribution >= 4 is 0 Å². The van der Waals surface area contributed by atoms with Crippen LogP contribution in [0.3, 0.4) is 0 Å². The average molecular weight is 174 g/mol. The molecule has 72 valence electrons. The predicted molar refractivity (Wildman–Crippen MR) is 47.6 cm³/mol. The zero-order valence-electron chi connectivity index (χ0n) is 7.90. The molecule has 0 fully saturated rings. The molecular weight excluding hydrogens is 156 g/mol. The van der Waals surface area contributed by atoms with Crippen LogP contribution in [0.25, 0.3) is 0 Å². The maximum Gasteiger partial charge on any atom is 0.160 e. The molecular formula is C9H18O3. The Morgan fingerprint density at radius 1 is 1.42 bits per heavy atom. The first-order chi connectivity index (χ1) is 5.61. The van der Waals surface area contributed by atoms with Crippen LogP contribution in [0.2, 0.25) is 0 Å². The molecule has 0 aliphatic carbocycles. The van der Waals surface area contributed by atoms with E-state index in [1.54, 1.807) is 6.92 Å². The van der Waals surface area contributed by atoms with E-state index < -0.39 is 12.4 Å². The lowest BCUT2D eigenvalue weighted by molar-refractivity contribution is -0.107. The van der Waals surface area contributed by atoms with Crippen molar-refractivity contribution < 1.29 is 14.9 Å². The highest BCUT2D eigenvalue weighted by Gasteiger charge is 2.17. The predicted octanol–water partition coefficient (Wildman–Crippen LogP) is 0.914. The summed E-state index contributed by atoms with van der Waals surface area (Å²) in [6, 6.07) is 0. The Kier molecular flexibility index (Phi) is 5.98. The Bertz CT molecular complexity index is 132. The van der Waals surface area contributed by atoms with Gasteiger partial charge in [0.2, 0.25) is 0 Å². The molecule has 0 radical (unpaired) electrons. The van der Waals surface area contributed by atoms with Crippen molar-refractivity contribution in [3.8, 4) is 0 Å². The van der Waals surface area contributed by atoms with Gasteiger partial charge in [0.15, 0.2) is 6.29 Å². The Balaban J connectivity index is 4.03. The van der Waals surface area contributed by atoms with Gasteiger partial charge in [0.25, 0.3) is 0 Å². The molecule has 0 aromatic heterocycles. The van der Waals surface area contributed by atoms with E-state index in [2.05, 4.69) is 0 Å². The monoisotopic (exact) mass is 174 g/mol. The molecule has 0 aliphatic rings. The topological polar surface area (TPSA) is 49.7 Å². The summed E-state index contributed by atoms with van der Waals surface area (Å²) in [5.41, 5.74) is 0. The fourth-order valence-electron chi connectivity index (χ4n) is 1.11. The van der Waals surface area contributed by atoms with Crippen molar-refractivity contribution in [2.45, 2.75) is 32.7 Å². The van der Waals surface area contributed by atoms with Crippen LogP contribution in [-0.2, 0) is 4.74 Å².